The molecule has 0 unspecified atom stereocenters. The fourth-order valence-electron chi connectivity index (χ4n) is 1.89. The highest BCUT2D eigenvalue weighted by molar-refractivity contribution is 7.14. The molecule has 2 heterocycles. The molecule has 3 N–H and O–H groups in total. The summed E-state index contributed by atoms with van der Waals surface area (Å²) in [6.07, 6.45) is 1.56. The van der Waals surface area contributed by atoms with E-state index in [2.05, 4.69) is 10.3 Å². The van der Waals surface area contributed by atoms with Gasteiger partial charge in [-0.2, -0.15) is 0 Å². The molecule has 0 aliphatic heterocycles. The number of furan rings is 1. The topological polar surface area (TPSA) is 107 Å². The monoisotopic (exact) mass is 343 g/mol. The molecule has 7 nitrogen and oxygen atoms in total. The maximum Gasteiger partial charge on any atom is 0.264 e. The molecule has 24 heavy (non-hydrogen) atoms. The first-order chi connectivity index (χ1) is 11.6. The van der Waals surface area contributed by atoms with E-state index in [0.717, 1.165) is 0 Å². The number of nitrogens with two attached hydrogens (primary N) is 1. The minimum atomic E-state index is -0.518. The number of carbonyl (C=O) groups is 2. The van der Waals surface area contributed by atoms with Crippen molar-refractivity contribution in [2.45, 2.75) is 0 Å². The number of hydrogen-bond donors (Lipinski definition) is 2. The number of thiazole rings is 1. The van der Waals surface area contributed by atoms with Crippen molar-refractivity contribution < 1.29 is 18.7 Å². The number of amides is 2. The number of ether oxygens (including phenoxy) is 1. The van der Waals surface area contributed by atoms with E-state index in [1.165, 1.54) is 23.5 Å². The van der Waals surface area contributed by atoms with Crippen molar-refractivity contribution >= 4 is 28.3 Å². The number of carbonyl (C=O) groups excluding carboxylic acids is 2. The molecule has 2 amide bonds. The predicted octanol–water partition coefficient (Wildman–Crippen LogP) is 2.52. The quantitative estimate of drug-likeness (QED) is 0.715. The zero-order valence-corrected chi connectivity index (χ0v) is 13.2. The molecule has 0 atom stereocenters. The maximum atomic E-state index is 11.9. The van der Waals surface area contributed by atoms with Crippen LogP contribution in [0.5, 0.6) is 5.75 Å². The molecule has 0 saturated heterocycles. The van der Waals surface area contributed by atoms with Gasteiger partial charge >= 0.3 is 0 Å². The fraction of sp³-hybridized carbons (Fsp3) is 0.0625. The van der Waals surface area contributed by atoms with Crippen LogP contribution in [0.4, 0.5) is 5.13 Å². The number of anilines is 1. The second-order valence-electron chi connectivity index (χ2n) is 4.74. The van der Waals surface area contributed by atoms with Gasteiger partial charge in [-0.15, -0.1) is 11.3 Å². The Morgan fingerprint density at radius 2 is 2.04 bits per heavy atom. The molecule has 2 aromatic heterocycles. The number of rotatable bonds is 6. The van der Waals surface area contributed by atoms with Crippen molar-refractivity contribution in [2.75, 3.05) is 11.9 Å². The van der Waals surface area contributed by atoms with E-state index in [0.29, 0.717) is 27.9 Å². The summed E-state index contributed by atoms with van der Waals surface area (Å²) in [5, 5.41) is 4.90. The van der Waals surface area contributed by atoms with Crippen LogP contribution in [0.3, 0.4) is 0 Å². The average Bonchev–Trinajstić information content (AvgIpc) is 3.24. The SMILES string of the molecule is NC(=O)c1ccc(OCC(=O)Nc2nc(-c3ccco3)cs2)cc1. The number of benzene rings is 1. The third kappa shape index (κ3) is 3.79. The second-order valence-corrected chi connectivity index (χ2v) is 5.60. The van der Waals surface area contributed by atoms with Crippen LogP contribution in [0.15, 0.2) is 52.5 Å². The number of hydrogen-bond acceptors (Lipinski definition) is 6. The number of primary amides is 1. The predicted molar refractivity (Wildman–Crippen MR) is 88.9 cm³/mol. The van der Waals surface area contributed by atoms with Crippen molar-refractivity contribution in [3.63, 3.8) is 0 Å². The van der Waals surface area contributed by atoms with E-state index in [1.807, 2.05) is 0 Å². The van der Waals surface area contributed by atoms with E-state index >= 15 is 0 Å². The number of nitrogens with zero attached hydrogens (tertiary/aromatic N) is 1. The van der Waals surface area contributed by atoms with Crippen molar-refractivity contribution in [1.29, 1.82) is 0 Å². The van der Waals surface area contributed by atoms with Crippen molar-refractivity contribution in [3.05, 3.63) is 53.6 Å². The normalized spacial score (nSPS) is 10.3. The molecule has 0 aliphatic rings. The summed E-state index contributed by atoms with van der Waals surface area (Å²) in [6, 6.07) is 9.78. The lowest BCUT2D eigenvalue weighted by molar-refractivity contribution is -0.118. The first-order valence-corrected chi connectivity index (χ1v) is 7.82. The summed E-state index contributed by atoms with van der Waals surface area (Å²) < 4.78 is 10.6. The third-order valence-corrected chi connectivity index (χ3v) is 3.79. The van der Waals surface area contributed by atoms with Gasteiger partial charge in [0, 0.05) is 10.9 Å². The van der Waals surface area contributed by atoms with E-state index in [1.54, 1.807) is 35.9 Å². The van der Waals surface area contributed by atoms with E-state index < -0.39 is 5.91 Å². The van der Waals surface area contributed by atoms with Crippen LogP contribution >= 0.6 is 11.3 Å². The van der Waals surface area contributed by atoms with Crippen molar-refractivity contribution in [2.24, 2.45) is 5.73 Å². The average molecular weight is 343 g/mol. The lowest BCUT2D eigenvalue weighted by Gasteiger charge is -2.06. The van der Waals surface area contributed by atoms with Gasteiger partial charge in [0.1, 0.15) is 11.4 Å². The summed E-state index contributed by atoms with van der Waals surface area (Å²) in [6.45, 7) is -0.175. The van der Waals surface area contributed by atoms with Gasteiger partial charge in [-0.05, 0) is 36.4 Å². The zero-order valence-electron chi connectivity index (χ0n) is 12.4. The van der Waals surface area contributed by atoms with Gasteiger partial charge in [-0.25, -0.2) is 4.98 Å². The van der Waals surface area contributed by atoms with Crippen LogP contribution in [-0.4, -0.2) is 23.4 Å². The Morgan fingerprint density at radius 1 is 1.25 bits per heavy atom. The zero-order chi connectivity index (χ0) is 16.9. The molecule has 0 saturated carbocycles. The Kier molecular flexibility index (Phi) is 4.57. The largest absolute Gasteiger partial charge is 0.484 e. The van der Waals surface area contributed by atoms with Gasteiger partial charge in [0.15, 0.2) is 17.5 Å². The second kappa shape index (κ2) is 6.97. The lowest BCUT2D eigenvalue weighted by atomic mass is 10.2. The van der Waals surface area contributed by atoms with Crippen LogP contribution in [0, 0.1) is 0 Å². The van der Waals surface area contributed by atoms with Crippen LogP contribution in [0.2, 0.25) is 0 Å². The number of nitrogens with one attached hydrogen (secondary N) is 1. The van der Waals surface area contributed by atoms with Crippen LogP contribution in [0.25, 0.3) is 11.5 Å². The van der Waals surface area contributed by atoms with Crippen LogP contribution in [-0.2, 0) is 4.79 Å². The molecule has 8 heteroatoms. The Bertz CT molecular complexity index is 841. The van der Waals surface area contributed by atoms with Gasteiger partial charge in [-0.1, -0.05) is 0 Å². The Labute approximate surface area is 141 Å². The highest BCUT2D eigenvalue weighted by Gasteiger charge is 2.10. The molecule has 0 bridgehead atoms. The van der Waals surface area contributed by atoms with E-state index in [4.69, 9.17) is 14.9 Å². The molecule has 122 valence electrons. The van der Waals surface area contributed by atoms with E-state index in [9.17, 15) is 9.59 Å². The summed E-state index contributed by atoms with van der Waals surface area (Å²) in [7, 11) is 0. The van der Waals surface area contributed by atoms with Crippen LogP contribution in [0.1, 0.15) is 10.4 Å². The van der Waals surface area contributed by atoms with Gasteiger partial charge in [0.25, 0.3) is 5.91 Å². The minimum absolute atomic E-state index is 0.175. The van der Waals surface area contributed by atoms with Gasteiger partial charge in [-0.3, -0.25) is 14.9 Å². The first-order valence-electron chi connectivity index (χ1n) is 6.94. The van der Waals surface area contributed by atoms with E-state index in [-0.39, 0.29) is 12.5 Å². The first kappa shape index (κ1) is 15.8. The molecule has 0 spiro atoms. The lowest BCUT2D eigenvalue weighted by Crippen LogP contribution is -2.20. The van der Waals surface area contributed by atoms with Crippen LogP contribution < -0.4 is 15.8 Å². The smallest absolute Gasteiger partial charge is 0.264 e. The molecule has 0 aliphatic carbocycles. The molecule has 1 aromatic carbocycles. The molecule has 0 radical (unpaired) electrons. The minimum Gasteiger partial charge on any atom is -0.484 e. The Hall–Kier alpha value is -3.13. The van der Waals surface area contributed by atoms with Crippen molar-refractivity contribution in [3.8, 4) is 17.2 Å². The Morgan fingerprint density at radius 3 is 2.71 bits per heavy atom. The number of aromatic nitrogens is 1. The third-order valence-electron chi connectivity index (χ3n) is 3.03. The molecule has 3 rings (SSSR count). The molecular formula is C16H13N3O4S. The molecule has 0 fully saturated rings. The maximum absolute atomic E-state index is 11.9. The summed E-state index contributed by atoms with van der Waals surface area (Å²) >= 11 is 1.29. The summed E-state index contributed by atoms with van der Waals surface area (Å²) in [5.74, 6) is 0.243. The fourth-order valence-corrected chi connectivity index (χ4v) is 2.60. The van der Waals surface area contributed by atoms with Crippen molar-refractivity contribution in [1.82, 2.24) is 4.98 Å². The molecule has 3 aromatic rings. The summed E-state index contributed by atoms with van der Waals surface area (Å²) in [5.41, 5.74) is 6.18. The Balaban J connectivity index is 1.53. The highest BCUT2D eigenvalue weighted by atomic mass is 32.1. The van der Waals surface area contributed by atoms with Gasteiger partial charge < -0.3 is 14.9 Å². The standard InChI is InChI=1S/C16H13N3O4S/c17-15(21)10-3-5-11(6-4-10)23-8-14(20)19-16-18-12(9-24-16)13-2-1-7-22-13/h1-7,9H,8H2,(H2,17,21)(H,18,19,20). The highest BCUT2D eigenvalue weighted by Crippen LogP contribution is 2.25. The summed E-state index contributed by atoms with van der Waals surface area (Å²) in [4.78, 5) is 27.1. The van der Waals surface area contributed by atoms with Gasteiger partial charge in [0.2, 0.25) is 5.91 Å². The van der Waals surface area contributed by atoms with Gasteiger partial charge in [0.05, 0.1) is 6.26 Å². The molecular weight excluding hydrogens is 330 g/mol.